The highest BCUT2D eigenvalue weighted by Gasteiger charge is 2.61. The summed E-state index contributed by atoms with van der Waals surface area (Å²) in [4.78, 5) is 0. The molecule has 1 nitrogen and oxygen atoms in total. The molecule has 4 aliphatic rings. The second-order valence-electron chi connectivity index (χ2n) is 9.68. The summed E-state index contributed by atoms with van der Waals surface area (Å²) >= 11 is 0. The van der Waals surface area contributed by atoms with Gasteiger partial charge >= 0.3 is 0 Å². The van der Waals surface area contributed by atoms with E-state index in [9.17, 15) is 5.26 Å². The predicted octanol–water partition coefficient (Wildman–Crippen LogP) is 5.97. The lowest BCUT2D eigenvalue weighted by molar-refractivity contribution is -0.107. The number of hydrogen-bond donors (Lipinski definition) is 0. The molecular formula is C22H33N. The highest BCUT2D eigenvalue weighted by Crippen LogP contribution is 2.68. The van der Waals surface area contributed by atoms with Crippen LogP contribution < -0.4 is 0 Å². The zero-order valence-electron chi connectivity index (χ0n) is 15.1. The van der Waals surface area contributed by atoms with Crippen LogP contribution in [0.25, 0.3) is 0 Å². The zero-order chi connectivity index (χ0) is 16.2. The van der Waals surface area contributed by atoms with Crippen molar-refractivity contribution in [3.05, 3.63) is 12.7 Å². The maximum absolute atomic E-state index is 9.67. The van der Waals surface area contributed by atoms with Crippen molar-refractivity contribution in [2.45, 2.75) is 71.6 Å². The monoisotopic (exact) mass is 311 g/mol. The number of hydrogen-bond acceptors (Lipinski definition) is 1. The van der Waals surface area contributed by atoms with E-state index in [0.717, 1.165) is 30.1 Å². The highest BCUT2D eigenvalue weighted by molar-refractivity contribution is 5.16. The van der Waals surface area contributed by atoms with Gasteiger partial charge in [0, 0.05) is 0 Å². The Morgan fingerprint density at radius 3 is 2.57 bits per heavy atom. The lowest BCUT2D eigenvalue weighted by Crippen LogP contribution is -2.52. The van der Waals surface area contributed by atoms with E-state index in [1.807, 2.05) is 0 Å². The standard InChI is InChI=1S/C22H33N/c1-4-18-15(14-23)13-20-17-9-8-16-7-5-6-11-21(16,2)19(17)10-12-22(18,20)3/h4,15-20H,1,5-13H2,2-3H3/t15?,16?,17-,18+,19+,20+,21+,22-/m1/s1. The average Bonchev–Trinajstić information content (AvgIpc) is 2.85. The number of allylic oxidation sites excluding steroid dienone is 1. The summed E-state index contributed by atoms with van der Waals surface area (Å²) in [5, 5.41) is 9.67. The first-order chi connectivity index (χ1) is 11.0. The maximum Gasteiger partial charge on any atom is 0.0662 e. The number of nitriles is 1. The molecule has 0 aromatic heterocycles. The van der Waals surface area contributed by atoms with Crippen molar-refractivity contribution in [2.24, 2.45) is 46.3 Å². The predicted molar refractivity (Wildman–Crippen MR) is 94.5 cm³/mol. The molecule has 4 aliphatic carbocycles. The lowest BCUT2D eigenvalue weighted by atomic mass is 9.45. The van der Waals surface area contributed by atoms with Gasteiger partial charge in [-0.2, -0.15) is 5.26 Å². The van der Waals surface area contributed by atoms with Gasteiger partial charge in [-0.15, -0.1) is 6.58 Å². The molecule has 0 saturated heterocycles. The summed E-state index contributed by atoms with van der Waals surface area (Å²) in [5.41, 5.74) is 0.956. The van der Waals surface area contributed by atoms with E-state index in [0.29, 0.717) is 16.7 Å². The van der Waals surface area contributed by atoms with Crippen LogP contribution in [0, 0.1) is 57.7 Å². The van der Waals surface area contributed by atoms with E-state index in [-0.39, 0.29) is 5.92 Å². The first kappa shape index (κ1) is 15.7. The zero-order valence-corrected chi connectivity index (χ0v) is 15.1. The van der Waals surface area contributed by atoms with Crippen molar-refractivity contribution in [3.8, 4) is 6.07 Å². The second-order valence-corrected chi connectivity index (χ2v) is 9.68. The van der Waals surface area contributed by atoms with Gasteiger partial charge in [0.15, 0.2) is 0 Å². The van der Waals surface area contributed by atoms with Crippen molar-refractivity contribution in [3.63, 3.8) is 0 Å². The molecule has 1 heteroatoms. The van der Waals surface area contributed by atoms with Crippen LogP contribution in [0.15, 0.2) is 12.7 Å². The van der Waals surface area contributed by atoms with Crippen molar-refractivity contribution < 1.29 is 0 Å². The molecule has 126 valence electrons. The van der Waals surface area contributed by atoms with Gasteiger partial charge in [-0.3, -0.25) is 0 Å². The number of fused-ring (bicyclic) bond motifs is 5. The van der Waals surface area contributed by atoms with Crippen LogP contribution in [0.4, 0.5) is 0 Å². The fourth-order valence-corrected chi connectivity index (χ4v) is 7.95. The van der Waals surface area contributed by atoms with Gasteiger partial charge in [0.2, 0.25) is 0 Å². The molecule has 0 bridgehead atoms. The molecule has 23 heavy (non-hydrogen) atoms. The Bertz CT molecular complexity index is 531. The topological polar surface area (TPSA) is 23.8 Å². The van der Waals surface area contributed by atoms with Gasteiger partial charge in [-0.1, -0.05) is 32.8 Å². The summed E-state index contributed by atoms with van der Waals surface area (Å²) in [6.45, 7) is 9.24. The third-order valence-electron chi connectivity index (χ3n) is 9.14. The molecule has 0 aromatic carbocycles. The lowest BCUT2D eigenvalue weighted by Gasteiger charge is -2.60. The minimum Gasteiger partial charge on any atom is -0.198 e. The number of nitrogens with zero attached hydrogens (tertiary/aromatic N) is 1. The Labute approximate surface area is 142 Å². The molecule has 4 saturated carbocycles. The molecule has 0 spiro atoms. The number of rotatable bonds is 1. The summed E-state index contributed by atoms with van der Waals surface area (Å²) < 4.78 is 0. The van der Waals surface area contributed by atoms with Crippen molar-refractivity contribution in [1.82, 2.24) is 0 Å². The van der Waals surface area contributed by atoms with E-state index in [4.69, 9.17) is 0 Å². The second kappa shape index (κ2) is 5.37. The first-order valence-electron chi connectivity index (χ1n) is 10.1. The van der Waals surface area contributed by atoms with E-state index in [1.165, 1.54) is 51.4 Å². The Balaban J connectivity index is 1.67. The Hall–Kier alpha value is -0.770. The fourth-order valence-electron chi connectivity index (χ4n) is 7.95. The van der Waals surface area contributed by atoms with Crippen LogP contribution in [0.3, 0.4) is 0 Å². The molecule has 4 rings (SSSR count). The van der Waals surface area contributed by atoms with Crippen molar-refractivity contribution in [1.29, 1.82) is 5.26 Å². The van der Waals surface area contributed by atoms with E-state index in [2.05, 4.69) is 32.6 Å². The van der Waals surface area contributed by atoms with Gasteiger partial charge in [-0.05, 0) is 85.4 Å². The average molecular weight is 312 g/mol. The molecule has 0 aromatic rings. The van der Waals surface area contributed by atoms with Gasteiger partial charge in [0.05, 0.1) is 12.0 Å². The van der Waals surface area contributed by atoms with Gasteiger partial charge in [0.1, 0.15) is 0 Å². The van der Waals surface area contributed by atoms with Crippen LogP contribution in [-0.2, 0) is 0 Å². The van der Waals surface area contributed by atoms with Crippen molar-refractivity contribution >= 4 is 0 Å². The van der Waals surface area contributed by atoms with Gasteiger partial charge < -0.3 is 0 Å². The Morgan fingerprint density at radius 1 is 1.00 bits per heavy atom. The minimum atomic E-state index is 0.220. The van der Waals surface area contributed by atoms with Crippen molar-refractivity contribution in [2.75, 3.05) is 0 Å². The fraction of sp³-hybridized carbons (Fsp3) is 0.864. The molecule has 4 fully saturated rings. The summed E-state index contributed by atoms with van der Waals surface area (Å²) in [6.07, 6.45) is 14.8. The van der Waals surface area contributed by atoms with E-state index < -0.39 is 0 Å². The largest absolute Gasteiger partial charge is 0.198 e. The summed E-state index contributed by atoms with van der Waals surface area (Å²) in [7, 11) is 0. The normalized spacial score (nSPS) is 55.2. The Morgan fingerprint density at radius 2 is 1.83 bits per heavy atom. The maximum atomic E-state index is 9.67. The van der Waals surface area contributed by atoms with Gasteiger partial charge in [0.25, 0.3) is 0 Å². The van der Waals surface area contributed by atoms with E-state index in [1.54, 1.807) is 0 Å². The molecule has 0 heterocycles. The van der Waals surface area contributed by atoms with E-state index >= 15 is 0 Å². The minimum absolute atomic E-state index is 0.220. The molecule has 0 radical (unpaired) electrons. The van der Waals surface area contributed by atoms with Crippen LogP contribution in [0.2, 0.25) is 0 Å². The third kappa shape index (κ3) is 2.03. The molecule has 0 N–H and O–H groups in total. The molecule has 0 aliphatic heterocycles. The van der Waals surface area contributed by atoms with Crippen LogP contribution >= 0.6 is 0 Å². The first-order valence-corrected chi connectivity index (χ1v) is 10.1. The van der Waals surface area contributed by atoms with Crippen LogP contribution in [0.1, 0.15) is 71.6 Å². The molecule has 0 amide bonds. The SMILES string of the molecule is C=C[C@H]1C(C#N)C[C@H]2[C@@H]3CCC4CCCC[C@]4(C)[C@H]3CC[C@]12C. The molecule has 2 unspecified atom stereocenters. The van der Waals surface area contributed by atoms with Crippen LogP contribution in [0.5, 0.6) is 0 Å². The molecule has 8 atom stereocenters. The van der Waals surface area contributed by atoms with Crippen LogP contribution in [-0.4, -0.2) is 0 Å². The van der Waals surface area contributed by atoms with Gasteiger partial charge in [-0.25, -0.2) is 0 Å². The summed E-state index contributed by atoms with van der Waals surface area (Å²) in [5.74, 6) is 4.23. The highest BCUT2D eigenvalue weighted by atomic mass is 14.7. The quantitative estimate of drug-likeness (QED) is 0.547. The molecular weight excluding hydrogens is 278 g/mol. The third-order valence-corrected chi connectivity index (χ3v) is 9.14. The summed E-state index contributed by atoms with van der Waals surface area (Å²) in [6, 6.07) is 2.64. The smallest absolute Gasteiger partial charge is 0.0662 e. The Kier molecular flexibility index (Phi) is 3.67.